The molecule has 1 saturated heterocycles. The van der Waals surface area contributed by atoms with Crippen molar-refractivity contribution in [2.45, 2.75) is 38.1 Å². The third-order valence-electron chi connectivity index (χ3n) is 7.05. The molecule has 2 aromatic heterocycles. The molecule has 38 heavy (non-hydrogen) atoms. The lowest BCUT2D eigenvalue weighted by Crippen LogP contribution is -2.49. The zero-order chi connectivity index (χ0) is 26.3. The zero-order valence-corrected chi connectivity index (χ0v) is 21.1. The zero-order valence-electron chi connectivity index (χ0n) is 21.1. The Morgan fingerprint density at radius 1 is 1.18 bits per heavy atom. The molecule has 2 aliphatic rings. The SMILES string of the molecule is N#CCC(C1CCCC1)n1cc(-c2ccnc(Nc3ccc(NC(=O)CN4CCNC(=O)C4)cc3)n2)cn1. The molecule has 1 aliphatic heterocycles. The lowest BCUT2D eigenvalue weighted by atomic mass is 9.96. The monoisotopic (exact) mass is 513 g/mol. The van der Waals surface area contributed by atoms with Crippen molar-refractivity contribution in [1.29, 1.82) is 5.26 Å². The van der Waals surface area contributed by atoms with Gasteiger partial charge in [-0.2, -0.15) is 10.4 Å². The smallest absolute Gasteiger partial charge is 0.238 e. The fraction of sp³-hybridized carbons (Fsp3) is 0.407. The molecular formula is C27H31N9O2. The molecule has 0 radical (unpaired) electrons. The van der Waals surface area contributed by atoms with Gasteiger partial charge in [0.1, 0.15) is 0 Å². The lowest BCUT2D eigenvalue weighted by Gasteiger charge is -2.25. The predicted octanol–water partition coefficient (Wildman–Crippen LogP) is 3.10. The Morgan fingerprint density at radius 3 is 2.74 bits per heavy atom. The minimum absolute atomic E-state index is 0.0631. The van der Waals surface area contributed by atoms with Gasteiger partial charge in [-0.25, -0.2) is 9.97 Å². The molecule has 0 bridgehead atoms. The van der Waals surface area contributed by atoms with E-state index in [2.05, 4.69) is 37.1 Å². The molecule has 3 N–H and O–H groups in total. The number of carbonyl (C=O) groups excluding carboxylic acids is 2. The Bertz CT molecular complexity index is 1310. The van der Waals surface area contributed by atoms with E-state index >= 15 is 0 Å². The molecule has 1 unspecified atom stereocenters. The summed E-state index contributed by atoms with van der Waals surface area (Å²) < 4.78 is 1.93. The number of nitrogens with one attached hydrogen (secondary N) is 3. The van der Waals surface area contributed by atoms with Crippen molar-refractivity contribution in [2.75, 3.05) is 36.8 Å². The van der Waals surface area contributed by atoms with Gasteiger partial charge < -0.3 is 16.0 Å². The van der Waals surface area contributed by atoms with Crippen LogP contribution in [0.1, 0.15) is 38.1 Å². The molecular weight excluding hydrogens is 482 g/mol. The maximum absolute atomic E-state index is 12.3. The fourth-order valence-corrected chi connectivity index (χ4v) is 5.14. The van der Waals surface area contributed by atoms with Gasteiger partial charge in [0, 0.05) is 42.4 Å². The van der Waals surface area contributed by atoms with Crippen molar-refractivity contribution in [3.63, 3.8) is 0 Å². The van der Waals surface area contributed by atoms with Crippen molar-refractivity contribution in [2.24, 2.45) is 5.92 Å². The predicted molar refractivity (Wildman–Crippen MR) is 142 cm³/mol. The molecule has 11 nitrogen and oxygen atoms in total. The summed E-state index contributed by atoms with van der Waals surface area (Å²) >= 11 is 0. The molecule has 1 aromatic carbocycles. The molecule has 11 heteroatoms. The van der Waals surface area contributed by atoms with Crippen LogP contribution in [0.2, 0.25) is 0 Å². The minimum Gasteiger partial charge on any atom is -0.354 e. The summed E-state index contributed by atoms with van der Waals surface area (Å²) in [5, 5.41) is 22.7. The van der Waals surface area contributed by atoms with Crippen LogP contribution in [0, 0.1) is 17.2 Å². The van der Waals surface area contributed by atoms with Gasteiger partial charge in [0.15, 0.2) is 0 Å². The molecule has 1 saturated carbocycles. The van der Waals surface area contributed by atoms with Crippen LogP contribution in [0.25, 0.3) is 11.3 Å². The normalized spacial score (nSPS) is 17.0. The molecule has 5 rings (SSSR count). The molecule has 2 fully saturated rings. The highest BCUT2D eigenvalue weighted by Gasteiger charge is 2.27. The van der Waals surface area contributed by atoms with Crippen molar-refractivity contribution >= 4 is 29.1 Å². The van der Waals surface area contributed by atoms with E-state index < -0.39 is 0 Å². The summed E-state index contributed by atoms with van der Waals surface area (Å²) in [6.45, 7) is 1.61. The topological polar surface area (TPSA) is 141 Å². The summed E-state index contributed by atoms with van der Waals surface area (Å²) in [5.41, 5.74) is 3.06. The lowest BCUT2D eigenvalue weighted by molar-refractivity contribution is -0.125. The number of hydrogen-bond acceptors (Lipinski definition) is 8. The molecule has 0 spiro atoms. The molecule has 3 aromatic rings. The number of nitrogens with zero attached hydrogens (tertiary/aromatic N) is 6. The van der Waals surface area contributed by atoms with E-state index in [0.29, 0.717) is 37.1 Å². The van der Waals surface area contributed by atoms with E-state index in [0.717, 1.165) is 29.8 Å². The summed E-state index contributed by atoms with van der Waals surface area (Å²) in [5.74, 6) is 0.706. The number of aromatic nitrogens is 4. The molecule has 1 aliphatic carbocycles. The summed E-state index contributed by atoms with van der Waals surface area (Å²) in [6, 6.07) is 11.5. The van der Waals surface area contributed by atoms with Crippen LogP contribution >= 0.6 is 0 Å². The quantitative estimate of drug-likeness (QED) is 0.396. The van der Waals surface area contributed by atoms with Gasteiger partial charge in [-0.1, -0.05) is 12.8 Å². The van der Waals surface area contributed by atoms with Crippen LogP contribution in [0.5, 0.6) is 0 Å². The average molecular weight is 514 g/mol. The standard InChI is InChI=1S/C27H31N9O2/c28-11-9-24(19-3-1-2-4-19)36-16-20(15-31-36)23-10-12-30-27(34-23)33-22-7-5-21(6-8-22)32-26(38)18-35-14-13-29-25(37)17-35/h5-8,10,12,15-16,19,24H,1-4,9,13-14,17-18H2,(H,29,37)(H,32,38)(H,30,33,34). The van der Waals surface area contributed by atoms with Gasteiger partial charge in [0.05, 0.1) is 43.5 Å². The molecule has 3 heterocycles. The Labute approximate surface area is 221 Å². The first-order valence-electron chi connectivity index (χ1n) is 13.0. The fourth-order valence-electron chi connectivity index (χ4n) is 5.14. The molecule has 1 atom stereocenters. The first-order valence-corrected chi connectivity index (χ1v) is 13.0. The van der Waals surface area contributed by atoms with Crippen LogP contribution in [0.4, 0.5) is 17.3 Å². The van der Waals surface area contributed by atoms with E-state index in [1.807, 2.05) is 34.0 Å². The minimum atomic E-state index is -0.165. The summed E-state index contributed by atoms with van der Waals surface area (Å²) in [6.07, 6.45) is 10.6. The van der Waals surface area contributed by atoms with Crippen molar-refractivity contribution in [3.8, 4) is 17.3 Å². The summed E-state index contributed by atoms with van der Waals surface area (Å²) in [4.78, 5) is 34.6. The number of rotatable bonds is 9. The van der Waals surface area contributed by atoms with Crippen molar-refractivity contribution in [1.82, 2.24) is 30.0 Å². The maximum atomic E-state index is 12.3. The number of amides is 2. The first kappa shape index (κ1) is 25.4. The van der Waals surface area contributed by atoms with E-state index in [-0.39, 0.29) is 30.9 Å². The van der Waals surface area contributed by atoms with Crippen LogP contribution < -0.4 is 16.0 Å². The van der Waals surface area contributed by atoms with Gasteiger partial charge in [0.2, 0.25) is 17.8 Å². The Kier molecular flexibility index (Phi) is 7.89. The average Bonchev–Trinajstić information content (AvgIpc) is 3.62. The number of nitriles is 1. The van der Waals surface area contributed by atoms with Crippen molar-refractivity contribution in [3.05, 3.63) is 48.9 Å². The first-order chi connectivity index (χ1) is 18.6. The highest BCUT2D eigenvalue weighted by molar-refractivity contribution is 5.93. The van der Waals surface area contributed by atoms with E-state index in [1.54, 1.807) is 24.5 Å². The van der Waals surface area contributed by atoms with Crippen LogP contribution in [0.3, 0.4) is 0 Å². The largest absolute Gasteiger partial charge is 0.354 e. The van der Waals surface area contributed by atoms with Gasteiger partial charge in [-0.3, -0.25) is 19.2 Å². The van der Waals surface area contributed by atoms with Crippen LogP contribution in [-0.4, -0.2) is 62.6 Å². The second kappa shape index (κ2) is 11.8. The number of piperazine rings is 1. The Balaban J connectivity index is 1.20. The third kappa shape index (κ3) is 6.33. The Hall–Kier alpha value is -4.30. The van der Waals surface area contributed by atoms with Crippen LogP contribution in [-0.2, 0) is 9.59 Å². The maximum Gasteiger partial charge on any atom is 0.238 e. The Morgan fingerprint density at radius 2 is 1.97 bits per heavy atom. The van der Waals surface area contributed by atoms with Crippen LogP contribution in [0.15, 0.2) is 48.9 Å². The van der Waals surface area contributed by atoms with E-state index in [1.165, 1.54) is 12.8 Å². The number of hydrogen-bond donors (Lipinski definition) is 3. The van der Waals surface area contributed by atoms with E-state index in [9.17, 15) is 14.9 Å². The van der Waals surface area contributed by atoms with Crippen molar-refractivity contribution < 1.29 is 9.59 Å². The number of carbonyl (C=O) groups is 2. The second-order valence-electron chi connectivity index (χ2n) is 9.76. The highest BCUT2D eigenvalue weighted by atomic mass is 16.2. The second-order valence-corrected chi connectivity index (χ2v) is 9.76. The van der Waals surface area contributed by atoms with Gasteiger partial charge in [-0.15, -0.1) is 0 Å². The highest BCUT2D eigenvalue weighted by Crippen LogP contribution is 2.36. The van der Waals surface area contributed by atoms with Gasteiger partial charge in [0.25, 0.3) is 0 Å². The molecule has 196 valence electrons. The molecule has 2 amide bonds. The van der Waals surface area contributed by atoms with Gasteiger partial charge in [-0.05, 0) is 49.1 Å². The summed E-state index contributed by atoms with van der Waals surface area (Å²) in [7, 11) is 0. The number of anilines is 3. The third-order valence-corrected chi connectivity index (χ3v) is 7.05. The van der Waals surface area contributed by atoms with Gasteiger partial charge >= 0.3 is 0 Å². The number of benzene rings is 1. The van der Waals surface area contributed by atoms with E-state index in [4.69, 9.17) is 0 Å².